The van der Waals surface area contributed by atoms with Crippen molar-refractivity contribution >= 4 is 37.6 Å². The molecule has 0 aliphatic carbocycles. The van der Waals surface area contributed by atoms with Crippen LogP contribution in [0.5, 0.6) is 0 Å². The topological polar surface area (TPSA) is 48.9 Å². The predicted octanol–water partition coefficient (Wildman–Crippen LogP) is 4.97. The molecule has 1 atom stereocenters. The predicted molar refractivity (Wildman–Crippen MR) is 164 cm³/mol. The van der Waals surface area contributed by atoms with Gasteiger partial charge in [-0.25, -0.2) is 9.78 Å². The van der Waals surface area contributed by atoms with Crippen molar-refractivity contribution in [2.24, 2.45) is 5.41 Å². The number of hydrogen-bond donors (Lipinski definition) is 0. The first-order valence-corrected chi connectivity index (χ1v) is 14.5. The fourth-order valence-electron chi connectivity index (χ4n) is 6.08. The van der Waals surface area contributed by atoms with Crippen LogP contribution in [-0.2, 0) is 14.9 Å². The Morgan fingerprint density at radius 2 is 1.90 bits per heavy atom. The van der Waals surface area contributed by atoms with Gasteiger partial charge in [0.15, 0.2) is 0 Å². The number of carbonyl (C=O) groups excluding carboxylic acids is 1. The lowest BCUT2D eigenvalue weighted by Gasteiger charge is -2.61. The highest BCUT2D eigenvalue weighted by Crippen LogP contribution is 2.46. The number of likely N-dealkylation sites (tertiary alicyclic amines) is 2. The van der Waals surface area contributed by atoms with Gasteiger partial charge in [0.05, 0.1) is 35.0 Å². The number of nitrogens with zero attached hydrogens (tertiary/aromatic N) is 4. The molecule has 0 amide bonds. The fraction of sp³-hybridized carbons (Fsp3) is 0.438. The average Bonchev–Trinajstić information content (AvgIpc) is 3.13. The Bertz CT molecular complexity index is 1350. The lowest BCUT2D eigenvalue weighted by molar-refractivity contribution is -0.138. The van der Waals surface area contributed by atoms with E-state index in [1.165, 1.54) is 22.2 Å². The molecule has 1 aromatic heterocycles. The lowest BCUT2D eigenvalue weighted by Crippen LogP contribution is -2.71. The van der Waals surface area contributed by atoms with Crippen LogP contribution < -0.4 is 10.2 Å². The Hall–Kier alpha value is -2.95. The first-order chi connectivity index (χ1) is 18.6. The number of esters is 1. The van der Waals surface area contributed by atoms with Gasteiger partial charge in [-0.2, -0.15) is 0 Å². The van der Waals surface area contributed by atoms with Gasteiger partial charge in [-0.05, 0) is 55.9 Å². The number of aromatic nitrogens is 1. The van der Waals surface area contributed by atoms with Gasteiger partial charge >= 0.3 is 5.97 Å². The number of benzene rings is 1. The summed E-state index contributed by atoms with van der Waals surface area (Å²) >= 11 is 0. The van der Waals surface area contributed by atoms with Crippen molar-refractivity contribution in [3.63, 3.8) is 0 Å². The molecule has 1 unspecified atom stereocenters. The quantitative estimate of drug-likeness (QED) is 0.202. The lowest BCUT2D eigenvalue weighted by atomic mass is 9.72. The minimum absolute atomic E-state index is 0.0458. The van der Waals surface area contributed by atoms with E-state index in [0.717, 1.165) is 56.4 Å². The van der Waals surface area contributed by atoms with Gasteiger partial charge in [0, 0.05) is 55.8 Å². The summed E-state index contributed by atoms with van der Waals surface area (Å²) in [5.41, 5.74) is 7.73. The van der Waals surface area contributed by atoms with Crippen LogP contribution in [-0.4, -0.2) is 66.6 Å². The van der Waals surface area contributed by atoms with Crippen LogP contribution in [0.1, 0.15) is 44.6 Å². The van der Waals surface area contributed by atoms with Crippen LogP contribution in [0.4, 0.5) is 11.4 Å². The smallest absolute Gasteiger partial charge is 0.337 e. The van der Waals surface area contributed by atoms with Crippen LogP contribution >= 0.6 is 9.24 Å². The Kier molecular flexibility index (Phi) is 7.47. The highest BCUT2D eigenvalue weighted by atomic mass is 31.0. The summed E-state index contributed by atoms with van der Waals surface area (Å²) in [7, 11) is 2.85. The zero-order chi connectivity index (χ0) is 27.9. The van der Waals surface area contributed by atoms with Crippen molar-refractivity contribution in [1.82, 2.24) is 14.8 Å². The van der Waals surface area contributed by atoms with Gasteiger partial charge in [-0.15, -0.1) is 9.24 Å². The van der Waals surface area contributed by atoms with E-state index in [-0.39, 0.29) is 11.4 Å². The highest BCUT2D eigenvalue weighted by Gasteiger charge is 2.51. The molecule has 206 valence electrons. The van der Waals surface area contributed by atoms with E-state index in [0.29, 0.717) is 17.6 Å². The maximum Gasteiger partial charge on any atom is 0.337 e. The second kappa shape index (κ2) is 10.6. The van der Waals surface area contributed by atoms with E-state index < -0.39 is 0 Å². The molecule has 1 spiro atoms. The van der Waals surface area contributed by atoms with Crippen molar-refractivity contribution in [2.45, 2.75) is 40.0 Å². The number of allylic oxidation sites excluding steroid dienone is 1. The number of carbonyl (C=O) groups is 1. The van der Waals surface area contributed by atoms with E-state index in [2.05, 4.69) is 87.7 Å². The molecule has 0 bridgehead atoms. The molecule has 0 radical (unpaired) electrons. The maximum absolute atomic E-state index is 11.9. The Morgan fingerprint density at radius 1 is 1.15 bits per heavy atom. The third-order valence-corrected chi connectivity index (χ3v) is 8.89. The molecule has 39 heavy (non-hydrogen) atoms. The van der Waals surface area contributed by atoms with Gasteiger partial charge in [0.25, 0.3) is 0 Å². The van der Waals surface area contributed by atoms with E-state index >= 15 is 0 Å². The molecule has 2 aromatic rings. The molecule has 6 nitrogen and oxygen atoms in total. The van der Waals surface area contributed by atoms with Gasteiger partial charge in [-0.1, -0.05) is 44.7 Å². The van der Waals surface area contributed by atoms with E-state index in [9.17, 15) is 4.79 Å². The second-order valence-corrected chi connectivity index (χ2v) is 12.5. The minimum atomic E-state index is -0.259. The van der Waals surface area contributed by atoms with E-state index in [1.54, 1.807) is 6.08 Å². The van der Waals surface area contributed by atoms with Crippen molar-refractivity contribution in [2.75, 3.05) is 50.8 Å². The number of anilines is 2. The largest absolute Gasteiger partial charge is 0.462 e. The Labute approximate surface area is 235 Å². The molecule has 4 heterocycles. The van der Waals surface area contributed by atoms with Gasteiger partial charge < -0.3 is 14.5 Å². The summed E-state index contributed by atoms with van der Waals surface area (Å²) in [6.07, 6.45) is 5.74. The molecule has 5 rings (SSSR count). The maximum atomic E-state index is 11.9. The molecule has 1 aromatic carbocycles. The number of rotatable bonds is 8. The standard InChI is InChI=1S/C32H41N4O2P/c1-7-24(30(37)38-8-2)10-9-15-34-18-32(19-34)20-35(21-32)23(4)26-13-14-27-29(33-26)31(5,6)17-36(27)25-12-11-22(3)28(39)16-25/h7,9-14,16H,4,8,15,17-21,39H2,1-3,5-6H3/b10-9-,24-7+. The number of hydrogen-bond acceptors (Lipinski definition) is 6. The third-order valence-electron chi connectivity index (χ3n) is 8.26. The second-order valence-electron chi connectivity index (χ2n) is 11.9. The van der Waals surface area contributed by atoms with Gasteiger partial charge in [0.2, 0.25) is 0 Å². The minimum Gasteiger partial charge on any atom is -0.462 e. The van der Waals surface area contributed by atoms with E-state index in [1.807, 2.05) is 19.9 Å². The van der Waals surface area contributed by atoms with Crippen molar-refractivity contribution < 1.29 is 9.53 Å². The first-order valence-electron chi connectivity index (χ1n) is 13.9. The molecule has 0 N–H and O–H groups in total. The Balaban J connectivity index is 1.18. The summed E-state index contributed by atoms with van der Waals surface area (Å²) in [6, 6.07) is 11.0. The zero-order valence-corrected chi connectivity index (χ0v) is 25.1. The summed E-state index contributed by atoms with van der Waals surface area (Å²) in [5.74, 6) is -0.259. The molecule has 2 fully saturated rings. The zero-order valence-electron chi connectivity index (χ0n) is 24.0. The normalized spacial score (nSPS) is 19.7. The van der Waals surface area contributed by atoms with Crippen molar-refractivity contribution in [3.8, 4) is 0 Å². The molecular formula is C32H41N4O2P. The first kappa shape index (κ1) is 27.6. The molecular weight excluding hydrogens is 503 g/mol. The number of aryl methyl sites for hydroxylation is 1. The van der Waals surface area contributed by atoms with Crippen LogP contribution in [0.3, 0.4) is 0 Å². The fourth-order valence-corrected chi connectivity index (χ4v) is 6.35. The number of fused-ring (bicyclic) bond motifs is 1. The molecule has 7 heteroatoms. The monoisotopic (exact) mass is 544 g/mol. The third kappa shape index (κ3) is 5.29. The Morgan fingerprint density at radius 3 is 2.56 bits per heavy atom. The molecule has 3 aliphatic rings. The number of pyridine rings is 1. The highest BCUT2D eigenvalue weighted by molar-refractivity contribution is 7.27. The summed E-state index contributed by atoms with van der Waals surface area (Å²) < 4.78 is 5.10. The van der Waals surface area contributed by atoms with Gasteiger partial charge in [0.1, 0.15) is 0 Å². The van der Waals surface area contributed by atoms with Crippen LogP contribution in [0, 0.1) is 12.3 Å². The molecule has 3 aliphatic heterocycles. The number of ether oxygens (including phenoxy) is 1. The van der Waals surface area contributed by atoms with Crippen molar-refractivity contribution in [1.29, 1.82) is 0 Å². The molecule has 2 saturated heterocycles. The SMILES string of the molecule is C=C(c1ccc2c(n1)C(C)(C)CN2c1ccc(C)c(P)c1)N1CC2(CN(C/C=C\C(=C/C)C(=O)OCC)C2)C1. The molecule has 0 saturated carbocycles. The van der Waals surface area contributed by atoms with Crippen LogP contribution in [0.15, 0.2) is 60.7 Å². The summed E-state index contributed by atoms with van der Waals surface area (Å²) in [4.78, 5) is 24.3. The van der Waals surface area contributed by atoms with Crippen LogP contribution in [0.2, 0.25) is 0 Å². The summed E-state index contributed by atoms with van der Waals surface area (Å²) in [6.45, 7) is 21.2. The van der Waals surface area contributed by atoms with Crippen molar-refractivity contribution in [3.05, 3.63) is 77.7 Å². The van der Waals surface area contributed by atoms with E-state index in [4.69, 9.17) is 9.72 Å². The van der Waals surface area contributed by atoms with Crippen LogP contribution in [0.25, 0.3) is 5.70 Å². The average molecular weight is 545 g/mol. The van der Waals surface area contributed by atoms with Gasteiger partial charge in [-0.3, -0.25) is 4.90 Å². The summed E-state index contributed by atoms with van der Waals surface area (Å²) in [5, 5.41) is 1.23.